The van der Waals surface area contributed by atoms with Crippen LogP contribution in [0.1, 0.15) is 106 Å². The van der Waals surface area contributed by atoms with Crippen LogP contribution in [0, 0.1) is 18.3 Å². The van der Waals surface area contributed by atoms with E-state index in [-0.39, 0.29) is 16.7 Å². The first-order valence-corrected chi connectivity index (χ1v) is 16.0. The summed E-state index contributed by atoms with van der Waals surface area (Å²) >= 11 is 0. The van der Waals surface area contributed by atoms with Gasteiger partial charge in [0.1, 0.15) is 17.7 Å². The number of aryl methyl sites for hydroxylation is 1. The number of carbonyl (C=O) groups excluding carboxylic acids is 1. The van der Waals surface area contributed by atoms with E-state index in [0.29, 0.717) is 11.8 Å². The summed E-state index contributed by atoms with van der Waals surface area (Å²) in [4.78, 5) is 21.3. The Balaban J connectivity index is 1.15. The Morgan fingerprint density at radius 2 is 1.73 bits per heavy atom. The van der Waals surface area contributed by atoms with E-state index >= 15 is 0 Å². The van der Waals surface area contributed by atoms with E-state index in [1.54, 1.807) is 13.4 Å². The van der Waals surface area contributed by atoms with Gasteiger partial charge in [0.25, 0.3) is 0 Å². The molecule has 0 saturated heterocycles. The molecular formula is C36H44N2O3. The molecule has 2 aromatic carbocycles. The van der Waals surface area contributed by atoms with Gasteiger partial charge < -0.3 is 14.1 Å². The van der Waals surface area contributed by atoms with Gasteiger partial charge in [-0.05, 0) is 111 Å². The number of hydrogen-bond acceptors (Lipinski definition) is 4. The summed E-state index contributed by atoms with van der Waals surface area (Å²) in [7, 11) is 1.75. The lowest BCUT2D eigenvalue weighted by atomic mass is 9.51. The smallest absolute Gasteiger partial charge is 0.230 e. The van der Waals surface area contributed by atoms with Crippen LogP contribution in [-0.2, 0) is 10.2 Å². The Morgan fingerprint density at radius 1 is 0.976 bits per heavy atom. The number of oxazole rings is 1. The summed E-state index contributed by atoms with van der Waals surface area (Å²) < 4.78 is 11.4. The van der Waals surface area contributed by atoms with Gasteiger partial charge in [-0.3, -0.25) is 4.79 Å². The lowest BCUT2D eigenvalue weighted by molar-refractivity contribution is -0.124. The number of fused-ring (bicyclic) bond motifs is 3. The summed E-state index contributed by atoms with van der Waals surface area (Å²) in [6, 6.07) is 15.3. The molecular weight excluding hydrogens is 508 g/mol. The van der Waals surface area contributed by atoms with Crippen molar-refractivity contribution >= 4 is 11.6 Å². The van der Waals surface area contributed by atoms with Gasteiger partial charge in [-0.25, -0.2) is 4.98 Å². The summed E-state index contributed by atoms with van der Waals surface area (Å²) in [6.45, 7) is 2.99. The molecule has 0 radical (unpaired) electrons. The van der Waals surface area contributed by atoms with E-state index in [4.69, 9.17) is 14.1 Å². The lowest BCUT2D eigenvalue weighted by Crippen LogP contribution is -2.51. The second kappa shape index (κ2) is 10.6. The van der Waals surface area contributed by atoms with E-state index in [0.717, 1.165) is 48.0 Å². The molecule has 1 heterocycles. The van der Waals surface area contributed by atoms with Crippen LogP contribution in [0.25, 0.3) is 11.3 Å². The molecule has 0 spiro atoms. The summed E-state index contributed by atoms with van der Waals surface area (Å²) in [6.07, 6.45) is 16.9. The van der Waals surface area contributed by atoms with Gasteiger partial charge >= 0.3 is 0 Å². The number of nitrogens with zero attached hydrogens (tertiary/aromatic N) is 2. The minimum atomic E-state index is 0.144. The quantitative estimate of drug-likeness (QED) is 0.280. The molecule has 5 aliphatic carbocycles. The number of aromatic nitrogens is 1. The van der Waals surface area contributed by atoms with Gasteiger partial charge in [-0.15, -0.1) is 0 Å². The maximum Gasteiger partial charge on any atom is 0.230 e. The van der Waals surface area contributed by atoms with Gasteiger partial charge in [-0.2, -0.15) is 0 Å². The molecule has 41 heavy (non-hydrogen) atoms. The van der Waals surface area contributed by atoms with Crippen LogP contribution < -0.4 is 9.64 Å². The Labute approximate surface area is 244 Å². The third kappa shape index (κ3) is 5.10. The molecule has 1 aromatic heterocycles. The summed E-state index contributed by atoms with van der Waals surface area (Å²) in [5.74, 6) is 2.80. The van der Waals surface area contributed by atoms with Crippen molar-refractivity contribution < 1.29 is 13.9 Å². The van der Waals surface area contributed by atoms with Gasteiger partial charge in [0.05, 0.1) is 7.11 Å². The first kappa shape index (κ1) is 26.8. The van der Waals surface area contributed by atoms with Crippen LogP contribution in [0.5, 0.6) is 5.75 Å². The highest BCUT2D eigenvalue weighted by molar-refractivity contribution is 5.95. The Morgan fingerprint density at radius 3 is 2.41 bits per heavy atom. The number of hydrogen-bond donors (Lipinski definition) is 0. The van der Waals surface area contributed by atoms with E-state index in [1.165, 1.54) is 81.8 Å². The van der Waals surface area contributed by atoms with Crippen LogP contribution in [0.3, 0.4) is 0 Å². The van der Waals surface area contributed by atoms with Crippen LogP contribution >= 0.6 is 0 Å². The van der Waals surface area contributed by atoms with E-state index in [2.05, 4.69) is 54.3 Å². The van der Waals surface area contributed by atoms with Gasteiger partial charge in [0.2, 0.25) is 5.91 Å². The zero-order valence-electron chi connectivity index (χ0n) is 24.8. The van der Waals surface area contributed by atoms with Crippen molar-refractivity contribution in [3.8, 4) is 17.0 Å². The minimum Gasteiger partial charge on any atom is -0.496 e. The largest absolute Gasteiger partial charge is 0.496 e. The first-order chi connectivity index (χ1) is 20.0. The van der Waals surface area contributed by atoms with E-state index < -0.39 is 0 Å². The fourth-order valence-corrected chi connectivity index (χ4v) is 8.11. The first-order valence-electron chi connectivity index (χ1n) is 16.0. The fourth-order valence-electron chi connectivity index (χ4n) is 8.11. The number of ether oxygens (including phenoxy) is 1. The highest BCUT2D eigenvalue weighted by atomic mass is 16.5. The Bertz CT molecular complexity index is 1390. The molecule has 1 amide bonds. The number of amides is 1. The number of rotatable bonds is 8. The molecule has 2 bridgehead atoms. The molecule has 5 saturated carbocycles. The molecule has 0 aliphatic heterocycles. The highest BCUT2D eigenvalue weighted by Crippen LogP contribution is 2.58. The summed E-state index contributed by atoms with van der Waals surface area (Å²) in [5, 5.41) is 0. The lowest BCUT2D eigenvalue weighted by Gasteiger charge is -2.55. The standard InChI is InChI=1S/C36H44N2O3/c1-25-21-29(13-14-32(25)40-2)36-18-15-35(16-19-36,17-20-36)24-38(34(39)27-7-4-3-5-8-27)30-10-6-9-28(22-30)31-23-41-33(37-31)26-11-12-26/h6,9-10,13-14,21-23,26-27H,3-5,7-8,11-12,15-20,24H2,1-2H3. The molecule has 0 N–H and O–H groups in total. The van der Waals surface area contributed by atoms with Gasteiger partial charge in [0, 0.05) is 29.6 Å². The van der Waals surface area contributed by atoms with Crippen molar-refractivity contribution in [2.24, 2.45) is 11.3 Å². The van der Waals surface area contributed by atoms with Crippen LogP contribution in [0.2, 0.25) is 0 Å². The van der Waals surface area contributed by atoms with Crippen molar-refractivity contribution in [2.45, 2.75) is 102 Å². The molecule has 216 valence electrons. The highest BCUT2D eigenvalue weighted by Gasteiger charge is 2.50. The number of benzene rings is 2. The third-order valence-electron chi connectivity index (χ3n) is 11.0. The maximum absolute atomic E-state index is 14.3. The molecule has 5 fully saturated rings. The van der Waals surface area contributed by atoms with E-state index in [9.17, 15) is 4.79 Å². The molecule has 8 rings (SSSR count). The molecule has 5 aliphatic rings. The van der Waals surface area contributed by atoms with Gasteiger partial charge in [-0.1, -0.05) is 43.5 Å². The van der Waals surface area contributed by atoms with Crippen molar-refractivity contribution in [3.63, 3.8) is 0 Å². The van der Waals surface area contributed by atoms with Crippen molar-refractivity contribution in [1.82, 2.24) is 4.98 Å². The molecule has 0 atom stereocenters. The molecule has 0 unspecified atom stereocenters. The van der Waals surface area contributed by atoms with Gasteiger partial charge in [0.15, 0.2) is 5.89 Å². The summed E-state index contributed by atoms with van der Waals surface area (Å²) in [5.41, 5.74) is 6.11. The second-order valence-corrected chi connectivity index (χ2v) is 13.6. The predicted octanol–water partition coefficient (Wildman–Crippen LogP) is 8.74. The monoisotopic (exact) mass is 552 g/mol. The second-order valence-electron chi connectivity index (χ2n) is 13.6. The normalized spacial score (nSPS) is 26.2. The van der Waals surface area contributed by atoms with Crippen molar-refractivity contribution in [2.75, 3.05) is 18.6 Å². The predicted molar refractivity (Wildman–Crippen MR) is 162 cm³/mol. The molecule has 5 nitrogen and oxygen atoms in total. The zero-order chi connectivity index (χ0) is 28.0. The molecule has 3 aromatic rings. The van der Waals surface area contributed by atoms with E-state index in [1.807, 2.05) is 0 Å². The fraction of sp³-hybridized carbons (Fsp3) is 0.556. The van der Waals surface area contributed by atoms with Crippen molar-refractivity contribution in [3.05, 3.63) is 65.7 Å². The van der Waals surface area contributed by atoms with Crippen LogP contribution in [0.4, 0.5) is 5.69 Å². The maximum atomic E-state index is 14.3. The Kier molecular flexibility index (Phi) is 6.95. The Hall–Kier alpha value is -3.08. The SMILES string of the molecule is COc1ccc(C23CCC(CN(C(=O)C4CCCCC4)c4cccc(-c5coc(C6CC6)n5)c4)(CC2)CC3)cc1C. The number of carbonyl (C=O) groups is 1. The minimum absolute atomic E-state index is 0.144. The topological polar surface area (TPSA) is 55.6 Å². The third-order valence-corrected chi connectivity index (χ3v) is 11.0. The van der Waals surface area contributed by atoms with Crippen molar-refractivity contribution in [1.29, 1.82) is 0 Å². The molecule has 5 heteroatoms. The number of anilines is 1. The average Bonchev–Trinajstić information content (AvgIpc) is 3.77. The van der Waals surface area contributed by atoms with Crippen LogP contribution in [-0.4, -0.2) is 24.5 Å². The average molecular weight is 553 g/mol. The van der Waals surface area contributed by atoms with Crippen LogP contribution in [0.15, 0.2) is 53.1 Å². The number of methoxy groups -OCH3 is 1. The zero-order valence-corrected chi connectivity index (χ0v) is 24.8.